The Morgan fingerprint density at radius 1 is 0.875 bits per heavy atom. The summed E-state index contributed by atoms with van der Waals surface area (Å²) < 4.78 is 0. The molecule has 0 radical (unpaired) electrons. The number of anilines is 1. The van der Waals surface area contributed by atoms with E-state index in [0.29, 0.717) is 0 Å². The van der Waals surface area contributed by atoms with Gasteiger partial charge in [0.25, 0.3) is 0 Å². The molecule has 2 unspecified atom stereocenters. The van der Waals surface area contributed by atoms with E-state index < -0.39 is 0 Å². The molecule has 1 heterocycles. The first-order valence-corrected chi connectivity index (χ1v) is 9.07. The second-order valence-corrected chi connectivity index (χ2v) is 7.19. The Morgan fingerprint density at radius 2 is 1.62 bits per heavy atom. The minimum absolute atomic E-state index is 0.722. The highest BCUT2D eigenvalue weighted by Crippen LogP contribution is 2.30. The van der Waals surface area contributed by atoms with E-state index in [2.05, 4.69) is 84.6 Å². The van der Waals surface area contributed by atoms with Crippen molar-refractivity contribution in [2.45, 2.75) is 19.8 Å². The van der Waals surface area contributed by atoms with Crippen LogP contribution < -0.4 is 4.90 Å². The fourth-order valence-electron chi connectivity index (χ4n) is 3.96. The molecule has 1 saturated heterocycles. The molecule has 1 fully saturated rings. The van der Waals surface area contributed by atoms with Gasteiger partial charge in [-0.15, -0.1) is 0 Å². The molecular formula is C23H25N. The van der Waals surface area contributed by atoms with Gasteiger partial charge in [0.1, 0.15) is 0 Å². The van der Waals surface area contributed by atoms with Crippen molar-refractivity contribution >= 4 is 16.5 Å². The van der Waals surface area contributed by atoms with Crippen molar-refractivity contribution in [3.05, 3.63) is 78.4 Å². The van der Waals surface area contributed by atoms with Crippen LogP contribution in [0.2, 0.25) is 0 Å². The third-order valence-electron chi connectivity index (χ3n) is 5.55. The van der Waals surface area contributed by atoms with E-state index >= 15 is 0 Å². The summed E-state index contributed by atoms with van der Waals surface area (Å²) in [5, 5.41) is 2.70. The van der Waals surface area contributed by atoms with Crippen molar-refractivity contribution in [3.8, 4) is 0 Å². The molecule has 0 bridgehead atoms. The Balaban J connectivity index is 1.53. The summed E-state index contributed by atoms with van der Waals surface area (Å²) in [5.41, 5.74) is 2.84. The molecule has 4 rings (SSSR count). The maximum Gasteiger partial charge on any atom is 0.0366 e. The number of fused-ring (bicyclic) bond motifs is 1. The zero-order valence-corrected chi connectivity index (χ0v) is 14.4. The Kier molecular flexibility index (Phi) is 4.25. The topological polar surface area (TPSA) is 3.24 Å². The lowest BCUT2D eigenvalue weighted by molar-refractivity contribution is 0.299. The summed E-state index contributed by atoms with van der Waals surface area (Å²) in [5.74, 6) is 1.51. The zero-order valence-electron chi connectivity index (χ0n) is 14.4. The van der Waals surface area contributed by atoms with E-state index in [1.807, 2.05) is 0 Å². The second kappa shape index (κ2) is 6.68. The van der Waals surface area contributed by atoms with Crippen molar-refractivity contribution < 1.29 is 0 Å². The summed E-state index contributed by atoms with van der Waals surface area (Å²) >= 11 is 0. The molecule has 24 heavy (non-hydrogen) atoms. The van der Waals surface area contributed by atoms with Crippen LogP contribution in [-0.4, -0.2) is 13.1 Å². The van der Waals surface area contributed by atoms with Crippen molar-refractivity contribution in [2.75, 3.05) is 18.0 Å². The van der Waals surface area contributed by atoms with E-state index in [0.717, 1.165) is 18.4 Å². The fraction of sp³-hybridized carbons (Fsp3) is 0.304. The number of hydrogen-bond acceptors (Lipinski definition) is 1. The van der Waals surface area contributed by atoms with Crippen LogP contribution in [0.5, 0.6) is 0 Å². The number of para-hydroxylation sites is 1. The van der Waals surface area contributed by atoms with Gasteiger partial charge in [-0.1, -0.05) is 67.6 Å². The van der Waals surface area contributed by atoms with Gasteiger partial charge in [0.15, 0.2) is 0 Å². The lowest BCUT2D eigenvalue weighted by atomic mass is 9.82. The molecule has 1 nitrogen and oxygen atoms in total. The third-order valence-corrected chi connectivity index (χ3v) is 5.55. The Labute approximate surface area is 144 Å². The minimum atomic E-state index is 0.722. The van der Waals surface area contributed by atoms with Crippen molar-refractivity contribution in [3.63, 3.8) is 0 Å². The van der Waals surface area contributed by atoms with E-state index in [4.69, 9.17) is 0 Å². The number of hydrogen-bond donors (Lipinski definition) is 0. The second-order valence-electron chi connectivity index (χ2n) is 7.19. The maximum absolute atomic E-state index is 2.56. The molecule has 1 heteroatoms. The zero-order chi connectivity index (χ0) is 16.4. The first-order valence-electron chi connectivity index (χ1n) is 9.07. The van der Waals surface area contributed by atoms with E-state index in [1.165, 1.54) is 41.4 Å². The molecule has 1 aliphatic heterocycles. The van der Waals surface area contributed by atoms with Crippen molar-refractivity contribution in [2.24, 2.45) is 11.8 Å². The van der Waals surface area contributed by atoms with Gasteiger partial charge < -0.3 is 4.90 Å². The van der Waals surface area contributed by atoms with Gasteiger partial charge in [-0.25, -0.2) is 0 Å². The van der Waals surface area contributed by atoms with Gasteiger partial charge in [-0.2, -0.15) is 0 Å². The number of rotatable bonds is 3. The number of nitrogens with zero attached hydrogens (tertiary/aromatic N) is 1. The van der Waals surface area contributed by atoms with Crippen LogP contribution in [-0.2, 0) is 6.42 Å². The molecule has 3 aromatic rings. The van der Waals surface area contributed by atoms with Gasteiger partial charge in [0, 0.05) is 18.8 Å². The molecule has 0 amide bonds. The summed E-state index contributed by atoms with van der Waals surface area (Å²) in [7, 11) is 0. The summed E-state index contributed by atoms with van der Waals surface area (Å²) in [6.07, 6.45) is 2.46. The Bertz CT molecular complexity index is 808. The first-order chi connectivity index (χ1) is 11.8. The average molecular weight is 315 g/mol. The molecule has 0 aliphatic carbocycles. The Hall–Kier alpha value is -2.28. The SMILES string of the molecule is CC1CCN(c2ccccc2)CC1Cc1ccc2ccccc2c1. The predicted molar refractivity (Wildman–Crippen MR) is 104 cm³/mol. The minimum Gasteiger partial charge on any atom is -0.371 e. The quantitative estimate of drug-likeness (QED) is 0.613. The number of benzene rings is 3. The summed E-state index contributed by atoms with van der Waals surface area (Å²) in [6.45, 7) is 4.77. The van der Waals surface area contributed by atoms with Crippen LogP contribution in [0, 0.1) is 11.8 Å². The van der Waals surface area contributed by atoms with Gasteiger partial charge in [0.05, 0.1) is 0 Å². The van der Waals surface area contributed by atoms with Crippen molar-refractivity contribution in [1.29, 1.82) is 0 Å². The molecule has 0 spiro atoms. The summed E-state index contributed by atoms with van der Waals surface area (Å²) in [6, 6.07) is 26.5. The van der Waals surface area contributed by atoms with E-state index in [9.17, 15) is 0 Å². The van der Waals surface area contributed by atoms with Crippen molar-refractivity contribution in [1.82, 2.24) is 0 Å². The van der Waals surface area contributed by atoms with Crippen LogP contribution in [0.25, 0.3) is 10.8 Å². The van der Waals surface area contributed by atoms with Crippen LogP contribution in [0.15, 0.2) is 72.8 Å². The lowest BCUT2D eigenvalue weighted by Crippen LogP contribution is -2.40. The largest absolute Gasteiger partial charge is 0.371 e. The molecule has 0 N–H and O–H groups in total. The van der Waals surface area contributed by atoms with E-state index in [1.54, 1.807) is 0 Å². The third kappa shape index (κ3) is 3.17. The molecule has 122 valence electrons. The van der Waals surface area contributed by atoms with Gasteiger partial charge in [0.2, 0.25) is 0 Å². The highest BCUT2D eigenvalue weighted by Gasteiger charge is 2.26. The van der Waals surface area contributed by atoms with E-state index in [-0.39, 0.29) is 0 Å². The maximum atomic E-state index is 2.56. The molecule has 0 saturated carbocycles. The van der Waals surface area contributed by atoms with Gasteiger partial charge in [-0.3, -0.25) is 0 Å². The highest BCUT2D eigenvalue weighted by molar-refractivity contribution is 5.83. The molecular weight excluding hydrogens is 290 g/mol. The predicted octanol–water partition coefficient (Wildman–Crippen LogP) is 5.54. The fourth-order valence-corrected chi connectivity index (χ4v) is 3.96. The summed E-state index contributed by atoms with van der Waals surface area (Å²) in [4.78, 5) is 2.56. The molecule has 1 aliphatic rings. The van der Waals surface area contributed by atoms with Crippen LogP contribution in [0.4, 0.5) is 5.69 Å². The van der Waals surface area contributed by atoms with Crippen LogP contribution in [0.3, 0.4) is 0 Å². The standard InChI is InChI=1S/C23H25N/c1-18-13-14-24(23-9-3-2-4-10-23)17-22(18)16-19-11-12-20-7-5-6-8-21(20)15-19/h2-12,15,18,22H,13-14,16-17H2,1H3. The Morgan fingerprint density at radius 3 is 2.46 bits per heavy atom. The lowest BCUT2D eigenvalue weighted by Gasteiger charge is -2.38. The average Bonchev–Trinajstić information content (AvgIpc) is 2.64. The molecule has 3 aromatic carbocycles. The van der Waals surface area contributed by atoms with Gasteiger partial charge in [-0.05, 0) is 53.1 Å². The van der Waals surface area contributed by atoms with Crippen LogP contribution >= 0.6 is 0 Å². The molecule has 2 atom stereocenters. The smallest absolute Gasteiger partial charge is 0.0366 e. The number of piperidine rings is 1. The van der Waals surface area contributed by atoms with Gasteiger partial charge >= 0.3 is 0 Å². The monoisotopic (exact) mass is 315 g/mol. The highest BCUT2D eigenvalue weighted by atomic mass is 15.1. The first kappa shape index (κ1) is 15.3. The molecule has 0 aromatic heterocycles. The normalized spacial score (nSPS) is 21.1. The van der Waals surface area contributed by atoms with Crippen LogP contribution in [0.1, 0.15) is 18.9 Å².